The van der Waals surface area contributed by atoms with Crippen molar-refractivity contribution in [2.24, 2.45) is 0 Å². The molecule has 2 rings (SSSR count). The number of hydrogen-bond acceptors (Lipinski definition) is 3. The van der Waals surface area contributed by atoms with E-state index in [1.807, 2.05) is 6.20 Å². The van der Waals surface area contributed by atoms with Gasteiger partial charge in [-0.1, -0.05) is 41.5 Å². The van der Waals surface area contributed by atoms with Gasteiger partial charge in [0.2, 0.25) is 5.65 Å². The highest BCUT2D eigenvalue weighted by Gasteiger charge is 2.24. The molecule has 0 radical (unpaired) electrons. The summed E-state index contributed by atoms with van der Waals surface area (Å²) >= 11 is 0. The molecule has 0 amide bonds. The molecule has 0 aliphatic rings. The maximum Gasteiger partial charge on any atom is 0.258 e. The van der Waals surface area contributed by atoms with Crippen molar-refractivity contribution < 1.29 is 4.74 Å². The van der Waals surface area contributed by atoms with Gasteiger partial charge in [0.1, 0.15) is 0 Å². The van der Waals surface area contributed by atoms with Gasteiger partial charge in [0.05, 0.1) is 12.8 Å². The summed E-state index contributed by atoms with van der Waals surface area (Å²) < 4.78 is 7.50. The summed E-state index contributed by atoms with van der Waals surface area (Å²) in [6.45, 7) is 13.0. The van der Waals surface area contributed by atoms with Crippen LogP contribution in [0.1, 0.15) is 52.9 Å². The average molecular weight is 261 g/mol. The number of ether oxygens (including phenoxy) is 1. The molecule has 0 saturated carbocycles. The molecule has 0 aliphatic carbocycles. The van der Waals surface area contributed by atoms with Crippen LogP contribution in [-0.2, 0) is 10.8 Å². The van der Waals surface area contributed by atoms with Gasteiger partial charge in [-0.3, -0.25) is 4.40 Å². The van der Waals surface area contributed by atoms with Crippen molar-refractivity contribution in [1.29, 1.82) is 0 Å². The highest BCUT2D eigenvalue weighted by Crippen LogP contribution is 2.29. The zero-order chi connectivity index (χ0) is 14.4. The van der Waals surface area contributed by atoms with Crippen molar-refractivity contribution in [3.63, 3.8) is 0 Å². The molecular weight excluding hydrogens is 238 g/mol. The lowest BCUT2D eigenvalue weighted by Crippen LogP contribution is -2.18. The Hall–Kier alpha value is -1.58. The standard InChI is InChI=1S/C15H23N3O/c1-14(2,3)10-9-18-11(15(4,5)6)8-16-12(18)13(17-10)19-7/h8-9H,1-7H3. The van der Waals surface area contributed by atoms with E-state index in [4.69, 9.17) is 4.74 Å². The monoisotopic (exact) mass is 261 g/mol. The third kappa shape index (κ3) is 2.44. The minimum Gasteiger partial charge on any atom is -0.478 e. The number of rotatable bonds is 1. The third-order valence-corrected chi connectivity index (χ3v) is 3.19. The largest absolute Gasteiger partial charge is 0.478 e. The van der Waals surface area contributed by atoms with Crippen LogP contribution in [0.3, 0.4) is 0 Å². The van der Waals surface area contributed by atoms with Crippen LogP contribution < -0.4 is 4.74 Å². The summed E-state index contributed by atoms with van der Waals surface area (Å²) in [5.41, 5.74) is 2.94. The molecule has 104 valence electrons. The van der Waals surface area contributed by atoms with E-state index < -0.39 is 0 Å². The lowest BCUT2D eigenvalue weighted by Gasteiger charge is -2.22. The molecule has 4 heteroatoms. The lowest BCUT2D eigenvalue weighted by atomic mass is 9.91. The highest BCUT2D eigenvalue weighted by molar-refractivity contribution is 5.52. The Morgan fingerprint density at radius 1 is 1.05 bits per heavy atom. The minimum atomic E-state index is -0.0269. The molecule has 0 unspecified atom stereocenters. The van der Waals surface area contributed by atoms with E-state index >= 15 is 0 Å². The van der Waals surface area contributed by atoms with Crippen LogP contribution in [0.25, 0.3) is 5.65 Å². The first-order valence-corrected chi connectivity index (χ1v) is 6.57. The molecular formula is C15H23N3O. The Morgan fingerprint density at radius 3 is 2.16 bits per heavy atom. The number of imidazole rings is 1. The van der Waals surface area contributed by atoms with E-state index in [0.29, 0.717) is 5.88 Å². The highest BCUT2D eigenvalue weighted by atomic mass is 16.5. The van der Waals surface area contributed by atoms with Crippen molar-refractivity contribution in [3.8, 4) is 5.88 Å². The van der Waals surface area contributed by atoms with Gasteiger partial charge in [0.15, 0.2) is 0 Å². The fourth-order valence-electron chi connectivity index (χ4n) is 2.01. The zero-order valence-electron chi connectivity index (χ0n) is 12.9. The van der Waals surface area contributed by atoms with Crippen LogP contribution in [-0.4, -0.2) is 21.5 Å². The second kappa shape index (κ2) is 4.22. The molecule has 0 aliphatic heterocycles. The van der Waals surface area contributed by atoms with Gasteiger partial charge in [-0.05, 0) is 0 Å². The predicted octanol–water partition coefficient (Wildman–Crippen LogP) is 3.33. The van der Waals surface area contributed by atoms with Crippen LogP contribution in [0.2, 0.25) is 0 Å². The van der Waals surface area contributed by atoms with Gasteiger partial charge in [-0.15, -0.1) is 0 Å². The normalized spacial score (nSPS) is 13.0. The Balaban J connectivity index is 2.79. The first-order chi connectivity index (χ1) is 8.64. The summed E-state index contributed by atoms with van der Waals surface area (Å²) in [4.78, 5) is 9.04. The molecule has 2 aromatic rings. The van der Waals surface area contributed by atoms with Crippen molar-refractivity contribution in [3.05, 3.63) is 23.8 Å². The SMILES string of the molecule is COc1nc(C(C)(C)C)cn2c(C(C)(C)C)cnc12. The average Bonchev–Trinajstić information content (AvgIpc) is 2.69. The maximum atomic E-state index is 5.39. The van der Waals surface area contributed by atoms with Crippen molar-refractivity contribution >= 4 is 5.65 Å². The van der Waals surface area contributed by atoms with E-state index in [0.717, 1.165) is 17.0 Å². The number of nitrogens with zero attached hydrogens (tertiary/aromatic N) is 3. The van der Waals surface area contributed by atoms with Crippen LogP contribution in [0.5, 0.6) is 5.88 Å². The van der Waals surface area contributed by atoms with E-state index in [1.54, 1.807) is 7.11 Å². The molecule has 0 fully saturated rings. The predicted molar refractivity (Wildman–Crippen MR) is 76.9 cm³/mol. The maximum absolute atomic E-state index is 5.39. The molecule has 0 saturated heterocycles. The van der Waals surface area contributed by atoms with Crippen LogP contribution in [0.15, 0.2) is 12.4 Å². The number of hydrogen-bond donors (Lipinski definition) is 0. The third-order valence-electron chi connectivity index (χ3n) is 3.19. The van der Waals surface area contributed by atoms with E-state index in [-0.39, 0.29) is 10.8 Å². The van der Waals surface area contributed by atoms with Crippen molar-refractivity contribution in [2.75, 3.05) is 7.11 Å². The van der Waals surface area contributed by atoms with Crippen LogP contribution in [0, 0.1) is 0 Å². The van der Waals surface area contributed by atoms with Gasteiger partial charge >= 0.3 is 0 Å². The van der Waals surface area contributed by atoms with Gasteiger partial charge in [0, 0.05) is 28.9 Å². The Bertz CT molecular complexity index is 600. The number of aromatic nitrogens is 3. The summed E-state index contributed by atoms with van der Waals surface area (Å²) in [6.07, 6.45) is 3.98. The Morgan fingerprint density at radius 2 is 1.68 bits per heavy atom. The fraction of sp³-hybridized carbons (Fsp3) is 0.600. The molecule has 2 aromatic heterocycles. The van der Waals surface area contributed by atoms with Gasteiger partial charge in [-0.2, -0.15) is 0 Å². The molecule has 0 spiro atoms. The van der Waals surface area contributed by atoms with E-state index in [1.165, 1.54) is 0 Å². The van der Waals surface area contributed by atoms with Crippen LogP contribution >= 0.6 is 0 Å². The van der Waals surface area contributed by atoms with E-state index in [9.17, 15) is 0 Å². The molecule has 0 bridgehead atoms. The first-order valence-electron chi connectivity index (χ1n) is 6.57. The zero-order valence-corrected chi connectivity index (χ0v) is 12.9. The van der Waals surface area contributed by atoms with Gasteiger partial charge in [0.25, 0.3) is 5.88 Å². The lowest BCUT2D eigenvalue weighted by molar-refractivity contribution is 0.393. The molecule has 0 aromatic carbocycles. The van der Waals surface area contributed by atoms with Gasteiger partial charge in [-0.25, -0.2) is 9.97 Å². The molecule has 2 heterocycles. The molecule has 4 nitrogen and oxygen atoms in total. The number of methoxy groups -OCH3 is 1. The molecule has 0 N–H and O–H groups in total. The van der Waals surface area contributed by atoms with Crippen molar-refractivity contribution in [2.45, 2.75) is 52.4 Å². The van der Waals surface area contributed by atoms with E-state index in [2.05, 4.69) is 62.1 Å². The van der Waals surface area contributed by atoms with Crippen molar-refractivity contribution in [1.82, 2.24) is 14.4 Å². The summed E-state index contributed by atoms with van der Waals surface area (Å²) in [5.74, 6) is 0.586. The summed E-state index contributed by atoms with van der Waals surface area (Å²) in [7, 11) is 1.64. The summed E-state index contributed by atoms with van der Waals surface area (Å²) in [5, 5.41) is 0. The second-order valence-electron chi connectivity index (χ2n) is 6.97. The fourth-order valence-corrected chi connectivity index (χ4v) is 2.01. The smallest absolute Gasteiger partial charge is 0.258 e. The quantitative estimate of drug-likeness (QED) is 0.790. The molecule has 0 atom stereocenters. The first kappa shape index (κ1) is 13.8. The minimum absolute atomic E-state index is 0.0269. The Labute approximate surface area is 114 Å². The second-order valence-corrected chi connectivity index (χ2v) is 6.97. The number of fused-ring (bicyclic) bond motifs is 1. The molecule has 19 heavy (non-hydrogen) atoms. The topological polar surface area (TPSA) is 39.4 Å². The van der Waals surface area contributed by atoms with Crippen LogP contribution in [0.4, 0.5) is 0 Å². The Kier molecular flexibility index (Phi) is 3.07. The summed E-state index contributed by atoms with van der Waals surface area (Å²) in [6, 6.07) is 0. The van der Waals surface area contributed by atoms with Gasteiger partial charge < -0.3 is 4.74 Å².